The third kappa shape index (κ3) is 7.50. The molecule has 0 saturated heterocycles. The molecule has 2 aromatic carbocycles. The fraction of sp³-hybridized carbons (Fsp3) is 0.286. The van der Waals surface area contributed by atoms with E-state index in [1.54, 1.807) is 48.2 Å². The van der Waals surface area contributed by atoms with Crippen molar-refractivity contribution in [3.63, 3.8) is 0 Å². The highest BCUT2D eigenvalue weighted by Gasteiger charge is 2.21. The van der Waals surface area contributed by atoms with E-state index in [-0.39, 0.29) is 18.4 Å². The van der Waals surface area contributed by atoms with Crippen LogP contribution in [0.3, 0.4) is 0 Å². The van der Waals surface area contributed by atoms with Crippen molar-refractivity contribution in [2.45, 2.75) is 12.5 Å². The lowest BCUT2D eigenvalue weighted by atomic mass is 10.1. The molecule has 2 aromatic rings. The van der Waals surface area contributed by atoms with Gasteiger partial charge in [-0.05, 0) is 54.8 Å². The van der Waals surface area contributed by atoms with Gasteiger partial charge in [0.2, 0.25) is 5.91 Å². The van der Waals surface area contributed by atoms with E-state index in [2.05, 4.69) is 15.4 Å². The highest BCUT2D eigenvalue weighted by molar-refractivity contribution is 7.98. The molecule has 2 amide bonds. The van der Waals surface area contributed by atoms with E-state index in [1.165, 1.54) is 7.11 Å². The number of anilines is 1. The summed E-state index contributed by atoms with van der Waals surface area (Å²) in [5.41, 5.74) is 0.905. The lowest BCUT2D eigenvalue weighted by molar-refractivity contribution is -0.127. The fourth-order valence-electron chi connectivity index (χ4n) is 2.44. The Labute approximate surface area is 174 Å². The van der Waals surface area contributed by atoms with E-state index in [4.69, 9.17) is 4.74 Å². The average molecular weight is 416 g/mol. The molecule has 0 aliphatic heterocycles. The van der Waals surface area contributed by atoms with Crippen molar-refractivity contribution in [3.05, 3.63) is 60.2 Å². The molecule has 8 heteroatoms. The lowest BCUT2D eigenvalue weighted by Gasteiger charge is -2.18. The van der Waals surface area contributed by atoms with Gasteiger partial charge in [0.05, 0.1) is 12.7 Å². The minimum atomic E-state index is -0.699. The Morgan fingerprint density at radius 2 is 1.72 bits per heavy atom. The number of amides is 2. The van der Waals surface area contributed by atoms with Gasteiger partial charge in [0.1, 0.15) is 11.8 Å². The smallest absolute Gasteiger partial charge is 0.337 e. The minimum Gasteiger partial charge on any atom is -0.484 e. The van der Waals surface area contributed by atoms with Crippen molar-refractivity contribution < 1.29 is 23.9 Å². The monoisotopic (exact) mass is 416 g/mol. The van der Waals surface area contributed by atoms with Crippen LogP contribution in [-0.4, -0.2) is 49.6 Å². The van der Waals surface area contributed by atoms with Crippen LogP contribution in [0.25, 0.3) is 0 Å². The number of rotatable bonds is 10. The van der Waals surface area contributed by atoms with Crippen LogP contribution < -0.4 is 15.4 Å². The molecule has 0 radical (unpaired) electrons. The van der Waals surface area contributed by atoms with Crippen molar-refractivity contribution >= 4 is 35.2 Å². The minimum absolute atomic E-state index is 0.180. The van der Waals surface area contributed by atoms with Crippen molar-refractivity contribution in [2.75, 3.05) is 31.0 Å². The van der Waals surface area contributed by atoms with E-state index in [1.807, 2.05) is 24.5 Å². The Bertz CT molecular complexity index is 812. The average Bonchev–Trinajstić information content (AvgIpc) is 2.75. The summed E-state index contributed by atoms with van der Waals surface area (Å²) in [5, 5.41) is 5.48. The molecule has 0 aromatic heterocycles. The second-order valence-electron chi connectivity index (χ2n) is 6.06. The molecular formula is C21H24N2O5S. The molecule has 154 valence electrons. The van der Waals surface area contributed by atoms with E-state index in [0.717, 1.165) is 0 Å². The van der Waals surface area contributed by atoms with E-state index in [0.29, 0.717) is 29.2 Å². The van der Waals surface area contributed by atoms with Gasteiger partial charge >= 0.3 is 5.97 Å². The molecule has 2 rings (SSSR count). The zero-order valence-electron chi connectivity index (χ0n) is 16.3. The SMILES string of the molecule is COC(=O)c1ccc(NC(=O)C(CCSC)NC(=O)COc2ccccc2)cc1. The lowest BCUT2D eigenvalue weighted by Crippen LogP contribution is -2.45. The van der Waals surface area contributed by atoms with Crippen molar-refractivity contribution in [3.8, 4) is 5.75 Å². The summed E-state index contributed by atoms with van der Waals surface area (Å²) in [7, 11) is 1.30. The number of hydrogen-bond donors (Lipinski definition) is 2. The first-order valence-corrected chi connectivity index (χ1v) is 10.4. The van der Waals surface area contributed by atoms with Crippen LogP contribution in [0.1, 0.15) is 16.8 Å². The Morgan fingerprint density at radius 1 is 1.03 bits per heavy atom. The molecular weight excluding hydrogens is 392 g/mol. The largest absolute Gasteiger partial charge is 0.484 e. The summed E-state index contributed by atoms with van der Waals surface area (Å²) in [4.78, 5) is 36.3. The molecule has 0 saturated carbocycles. The van der Waals surface area contributed by atoms with Gasteiger partial charge in [-0.25, -0.2) is 4.79 Å². The molecule has 2 N–H and O–H groups in total. The van der Waals surface area contributed by atoms with Gasteiger partial charge in [-0.2, -0.15) is 11.8 Å². The van der Waals surface area contributed by atoms with Crippen molar-refractivity contribution in [1.82, 2.24) is 5.32 Å². The Hall–Kier alpha value is -3.00. The molecule has 0 fully saturated rings. The predicted octanol–water partition coefficient (Wildman–Crippen LogP) is 2.73. The number of carbonyl (C=O) groups excluding carboxylic acids is 3. The molecule has 0 spiro atoms. The summed E-state index contributed by atoms with van der Waals surface area (Å²) in [6, 6.07) is 14.6. The van der Waals surface area contributed by atoms with Crippen LogP contribution in [0.4, 0.5) is 5.69 Å². The standard InChI is InChI=1S/C21H24N2O5S/c1-27-21(26)15-8-10-16(11-9-15)22-20(25)18(12-13-29-2)23-19(24)14-28-17-6-4-3-5-7-17/h3-11,18H,12-14H2,1-2H3,(H,22,25)(H,23,24). The number of methoxy groups -OCH3 is 1. The molecule has 1 unspecified atom stereocenters. The molecule has 29 heavy (non-hydrogen) atoms. The second kappa shape index (κ2) is 11.8. The first-order valence-electron chi connectivity index (χ1n) is 8.99. The van der Waals surface area contributed by atoms with Gasteiger partial charge in [-0.15, -0.1) is 0 Å². The maximum Gasteiger partial charge on any atom is 0.337 e. The van der Waals surface area contributed by atoms with E-state index >= 15 is 0 Å². The molecule has 0 heterocycles. The van der Waals surface area contributed by atoms with Crippen LogP contribution in [0, 0.1) is 0 Å². The van der Waals surface area contributed by atoms with Crippen molar-refractivity contribution in [2.24, 2.45) is 0 Å². The Kier molecular flexibility index (Phi) is 9.04. The maximum atomic E-state index is 12.6. The number of hydrogen-bond acceptors (Lipinski definition) is 6. The van der Waals surface area contributed by atoms with E-state index in [9.17, 15) is 14.4 Å². The number of benzene rings is 2. The Balaban J connectivity index is 1.94. The third-order valence-electron chi connectivity index (χ3n) is 3.95. The Morgan fingerprint density at radius 3 is 2.34 bits per heavy atom. The first kappa shape index (κ1) is 22.3. The zero-order chi connectivity index (χ0) is 21.1. The predicted molar refractivity (Wildman–Crippen MR) is 113 cm³/mol. The van der Waals surface area contributed by atoms with Crippen LogP contribution in [-0.2, 0) is 14.3 Å². The van der Waals surface area contributed by atoms with Gasteiger partial charge in [0.15, 0.2) is 6.61 Å². The number of esters is 1. The first-order chi connectivity index (χ1) is 14.0. The normalized spacial score (nSPS) is 11.2. The van der Waals surface area contributed by atoms with Crippen LogP contribution in [0.5, 0.6) is 5.75 Å². The number of para-hydroxylation sites is 1. The van der Waals surface area contributed by atoms with Gasteiger partial charge in [0.25, 0.3) is 5.91 Å². The van der Waals surface area contributed by atoms with Crippen molar-refractivity contribution in [1.29, 1.82) is 0 Å². The number of thioether (sulfide) groups is 1. The summed E-state index contributed by atoms with van der Waals surface area (Å²) < 4.78 is 10.1. The molecule has 7 nitrogen and oxygen atoms in total. The molecule has 0 bridgehead atoms. The summed E-state index contributed by atoms with van der Waals surface area (Å²) in [6.45, 7) is -0.180. The van der Waals surface area contributed by atoms with Crippen LogP contribution >= 0.6 is 11.8 Å². The van der Waals surface area contributed by atoms with E-state index < -0.39 is 12.0 Å². The van der Waals surface area contributed by atoms with Gasteiger partial charge in [-0.3, -0.25) is 9.59 Å². The van der Waals surface area contributed by atoms with Gasteiger partial charge < -0.3 is 20.1 Å². The highest BCUT2D eigenvalue weighted by atomic mass is 32.2. The highest BCUT2D eigenvalue weighted by Crippen LogP contribution is 2.12. The van der Waals surface area contributed by atoms with Gasteiger partial charge in [-0.1, -0.05) is 18.2 Å². The topological polar surface area (TPSA) is 93.7 Å². The van der Waals surface area contributed by atoms with Gasteiger partial charge in [0, 0.05) is 5.69 Å². The van der Waals surface area contributed by atoms with Crippen LogP contribution in [0.15, 0.2) is 54.6 Å². The number of carbonyl (C=O) groups is 3. The quantitative estimate of drug-likeness (QED) is 0.579. The third-order valence-corrected chi connectivity index (χ3v) is 4.59. The molecule has 0 aliphatic carbocycles. The summed E-state index contributed by atoms with van der Waals surface area (Å²) in [5.74, 6) is 0.123. The number of ether oxygens (including phenoxy) is 2. The fourth-order valence-corrected chi connectivity index (χ4v) is 2.91. The van der Waals surface area contributed by atoms with Crippen LogP contribution in [0.2, 0.25) is 0 Å². The zero-order valence-corrected chi connectivity index (χ0v) is 17.2. The maximum absolute atomic E-state index is 12.6. The summed E-state index contributed by atoms with van der Waals surface area (Å²) >= 11 is 1.58. The summed E-state index contributed by atoms with van der Waals surface area (Å²) in [6.07, 6.45) is 2.41. The molecule has 0 aliphatic rings. The molecule has 1 atom stereocenters. The second-order valence-corrected chi connectivity index (χ2v) is 7.05. The number of nitrogens with one attached hydrogen (secondary N) is 2.